The van der Waals surface area contributed by atoms with Crippen LogP contribution in [0.25, 0.3) is 0 Å². The summed E-state index contributed by atoms with van der Waals surface area (Å²) in [7, 11) is 3.21. The fraction of sp³-hybridized carbons (Fsp3) is 0.389. The Hall–Kier alpha value is -2.21. The Bertz CT molecular complexity index is 688. The number of hydrogen-bond donors (Lipinski definition) is 1. The summed E-state index contributed by atoms with van der Waals surface area (Å²) in [5, 5.41) is 7.26. The Morgan fingerprint density at radius 3 is 2.83 bits per heavy atom. The molecule has 0 saturated carbocycles. The highest BCUT2D eigenvalue weighted by Gasteiger charge is 2.27. The van der Waals surface area contributed by atoms with Gasteiger partial charge in [-0.15, -0.1) is 0 Å². The molecular formula is C18H22N2O3S. The first kappa shape index (κ1) is 16.6. The quantitative estimate of drug-likeness (QED) is 0.902. The van der Waals surface area contributed by atoms with Crippen molar-refractivity contribution >= 4 is 17.4 Å². The van der Waals surface area contributed by atoms with E-state index in [0.717, 1.165) is 25.1 Å². The summed E-state index contributed by atoms with van der Waals surface area (Å²) in [6.07, 6.45) is 1.03. The zero-order valence-electron chi connectivity index (χ0n) is 14.0. The van der Waals surface area contributed by atoms with Crippen molar-refractivity contribution in [3.8, 4) is 11.5 Å². The van der Waals surface area contributed by atoms with Crippen molar-refractivity contribution in [3.05, 3.63) is 46.2 Å². The minimum atomic E-state index is -0.0116. The molecule has 2 aromatic rings. The van der Waals surface area contributed by atoms with E-state index in [-0.39, 0.29) is 6.03 Å². The second-order valence-electron chi connectivity index (χ2n) is 5.84. The van der Waals surface area contributed by atoms with Crippen LogP contribution in [0.1, 0.15) is 23.5 Å². The second-order valence-corrected chi connectivity index (χ2v) is 6.62. The number of thiophene rings is 1. The molecular weight excluding hydrogens is 324 g/mol. The zero-order valence-corrected chi connectivity index (χ0v) is 14.8. The number of amides is 2. The summed E-state index contributed by atoms with van der Waals surface area (Å²) in [4.78, 5) is 14.3. The van der Waals surface area contributed by atoms with Crippen molar-refractivity contribution in [3.63, 3.8) is 0 Å². The number of urea groups is 1. The number of rotatable bonds is 5. The van der Waals surface area contributed by atoms with Gasteiger partial charge >= 0.3 is 6.03 Å². The molecule has 1 atom stereocenters. The average molecular weight is 346 g/mol. The number of benzene rings is 1. The summed E-state index contributed by atoms with van der Waals surface area (Å²) in [5.74, 6) is 1.82. The van der Waals surface area contributed by atoms with Crippen LogP contribution in [0.5, 0.6) is 11.5 Å². The first-order valence-corrected chi connectivity index (χ1v) is 8.91. The van der Waals surface area contributed by atoms with Crippen molar-refractivity contribution in [1.29, 1.82) is 0 Å². The Balaban J connectivity index is 1.54. The molecule has 0 aliphatic carbocycles. The molecule has 1 saturated heterocycles. The molecule has 2 amide bonds. The maximum Gasteiger partial charge on any atom is 0.317 e. The molecule has 0 radical (unpaired) electrons. The Labute approximate surface area is 146 Å². The molecule has 1 aromatic heterocycles. The average Bonchev–Trinajstić information content (AvgIpc) is 3.30. The molecule has 1 fully saturated rings. The Kier molecular flexibility index (Phi) is 5.25. The van der Waals surface area contributed by atoms with Gasteiger partial charge in [0.2, 0.25) is 0 Å². The normalized spacial score (nSPS) is 16.9. The minimum Gasteiger partial charge on any atom is -0.493 e. The molecule has 0 spiro atoms. The van der Waals surface area contributed by atoms with Gasteiger partial charge in [0.05, 0.1) is 14.2 Å². The third-order valence-electron chi connectivity index (χ3n) is 4.38. The van der Waals surface area contributed by atoms with Crippen LogP contribution >= 0.6 is 11.3 Å². The molecule has 5 nitrogen and oxygen atoms in total. The van der Waals surface area contributed by atoms with Crippen LogP contribution in [0.2, 0.25) is 0 Å². The van der Waals surface area contributed by atoms with Gasteiger partial charge in [0.15, 0.2) is 11.5 Å². The third kappa shape index (κ3) is 3.64. The SMILES string of the molecule is COc1ccc(CNC(=O)N2CCC(c3ccsc3)C2)cc1OC. The standard InChI is InChI=1S/C18H22N2O3S/c1-22-16-4-3-13(9-17(16)23-2)10-19-18(21)20-7-5-14(11-20)15-6-8-24-12-15/h3-4,6,8-9,12,14H,5,7,10-11H2,1-2H3,(H,19,21). The van der Waals surface area contributed by atoms with Crippen LogP contribution < -0.4 is 14.8 Å². The van der Waals surface area contributed by atoms with Crippen molar-refractivity contribution in [2.24, 2.45) is 0 Å². The second kappa shape index (κ2) is 7.57. The molecule has 1 aliphatic heterocycles. The van der Waals surface area contributed by atoms with Gasteiger partial charge in [0.25, 0.3) is 0 Å². The zero-order chi connectivity index (χ0) is 16.9. The molecule has 1 unspecified atom stereocenters. The van der Waals surface area contributed by atoms with Gasteiger partial charge in [0, 0.05) is 25.6 Å². The van der Waals surface area contributed by atoms with E-state index >= 15 is 0 Å². The summed E-state index contributed by atoms with van der Waals surface area (Å²) < 4.78 is 10.5. The van der Waals surface area contributed by atoms with E-state index in [2.05, 4.69) is 22.1 Å². The number of likely N-dealkylation sites (tertiary alicyclic amines) is 1. The summed E-state index contributed by atoms with van der Waals surface area (Å²) in [6, 6.07) is 7.81. The van der Waals surface area contributed by atoms with Gasteiger partial charge in [-0.1, -0.05) is 6.07 Å². The highest BCUT2D eigenvalue weighted by Crippen LogP contribution is 2.29. The molecule has 6 heteroatoms. The highest BCUT2D eigenvalue weighted by molar-refractivity contribution is 7.07. The monoisotopic (exact) mass is 346 g/mol. The minimum absolute atomic E-state index is 0.0116. The van der Waals surface area contributed by atoms with Crippen molar-refractivity contribution in [2.45, 2.75) is 18.9 Å². The molecule has 3 rings (SSSR count). The van der Waals surface area contributed by atoms with Gasteiger partial charge < -0.3 is 19.7 Å². The van der Waals surface area contributed by atoms with Crippen molar-refractivity contribution in [2.75, 3.05) is 27.3 Å². The lowest BCUT2D eigenvalue weighted by Crippen LogP contribution is -2.37. The van der Waals surface area contributed by atoms with Gasteiger partial charge in [-0.05, 0) is 46.5 Å². The number of nitrogens with zero attached hydrogens (tertiary/aromatic N) is 1. The van der Waals surface area contributed by atoms with Crippen LogP contribution in [0, 0.1) is 0 Å². The molecule has 128 valence electrons. The van der Waals surface area contributed by atoms with E-state index in [0.29, 0.717) is 24.0 Å². The van der Waals surface area contributed by atoms with Crippen molar-refractivity contribution < 1.29 is 14.3 Å². The van der Waals surface area contributed by atoms with E-state index in [9.17, 15) is 4.79 Å². The van der Waals surface area contributed by atoms with Crippen LogP contribution in [0.15, 0.2) is 35.0 Å². The number of methoxy groups -OCH3 is 2. The van der Waals surface area contributed by atoms with E-state index in [1.165, 1.54) is 5.56 Å². The maximum atomic E-state index is 12.4. The largest absolute Gasteiger partial charge is 0.493 e. The van der Waals surface area contributed by atoms with Gasteiger partial charge in [-0.25, -0.2) is 4.79 Å². The van der Waals surface area contributed by atoms with Crippen LogP contribution in [0.4, 0.5) is 4.79 Å². The summed E-state index contributed by atoms with van der Waals surface area (Å²) in [6.45, 7) is 2.06. The molecule has 1 aliphatic rings. The number of ether oxygens (including phenoxy) is 2. The molecule has 24 heavy (non-hydrogen) atoms. The van der Waals surface area contributed by atoms with E-state index in [1.54, 1.807) is 25.6 Å². The van der Waals surface area contributed by atoms with Crippen LogP contribution in [0.3, 0.4) is 0 Å². The van der Waals surface area contributed by atoms with Crippen LogP contribution in [-0.2, 0) is 6.54 Å². The Morgan fingerprint density at radius 2 is 2.12 bits per heavy atom. The lowest BCUT2D eigenvalue weighted by Gasteiger charge is -2.17. The molecule has 0 bridgehead atoms. The number of carbonyl (C=O) groups excluding carboxylic acids is 1. The topological polar surface area (TPSA) is 50.8 Å². The van der Waals surface area contributed by atoms with Gasteiger partial charge in [0.1, 0.15) is 0 Å². The lowest BCUT2D eigenvalue weighted by molar-refractivity contribution is 0.208. The van der Waals surface area contributed by atoms with Gasteiger partial charge in [-0.2, -0.15) is 11.3 Å². The number of carbonyl (C=O) groups is 1. The predicted molar refractivity (Wildman–Crippen MR) is 95.0 cm³/mol. The van der Waals surface area contributed by atoms with Gasteiger partial charge in [-0.3, -0.25) is 0 Å². The Morgan fingerprint density at radius 1 is 1.29 bits per heavy atom. The number of nitrogens with one attached hydrogen (secondary N) is 1. The van der Waals surface area contributed by atoms with E-state index in [4.69, 9.17) is 9.47 Å². The first-order valence-electron chi connectivity index (χ1n) is 7.97. The molecule has 1 aromatic carbocycles. The fourth-order valence-corrected chi connectivity index (χ4v) is 3.75. The highest BCUT2D eigenvalue weighted by atomic mass is 32.1. The predicted octanol–water partition coefficient (Wildman–Crippen LogP) is 3.46. The maximum absolute atomic E-state index is 12.4. The molecule has 2 heterocycles. The van der Waals surface area contributed by atoms with E-state index in [1.807, 2.05) is 23.1 Å². The van der Waals surface area contributed by atoms with Crippen molar-refractivity contribution in [1.82, 2.24) is 10.2 Å². The lowest BCUT2D eigenvalue weighted by atomic mass is 10.0. The van der Waals surface area contributed by atoms with E-state index < -0.39 is 0 Å². The third-order valence-corrected chi connectivity index (χ3v) is 5.08. The van der Waals surface area contributed by atoms with Crippen LogP contribution in [-0.4, -0.2) is 38.2 Å². The molecule has 1 N–H and O–H groups in total. The summed E-state index contributed by atoms with van der Waals surface area (Å²) >= 11 is 1.71. The fourth-order valence-electron chi connectivity index (χ4n) is 3.00. The summed E-state index contributed by atoms with van der Waals surface area (Å²) in [5.41, 5.74) is 2.32. The number of hydrogen-bond acceptors (Lipinski definition) is 4. The smallest absolute Gasteiger partial charge is 0.317 e. The first-order chi connectivity index (χ1) is 11.7.